The summed E-state index contributed by atoms with van der Waals surface area (Å²) in [6, 6.07) is 28.9. The molecule has 2 aromatic heterocycles. The van der Waals surface area contributed by atoms with Crippen LogP contribution in [0.1, 0.15) is 45.1 Å². The molecule has 2 atom stereocenters. The number of pyridine rings is 1. The normalized spacial score (nSPS) is 16.1. The Labute approximate surface area is 263 Å². The molecule has 0 aliphatic carbocycles. The van der Waals surface area contributed by atoms with Gasteiger partial charge in [-0.3, -0.25) is 15.1 Å². The van der Waals surface area contributed by atoms with E-state index in [1.54, 1.807) is 36.5 Å². The Bertz CT molecular complexity index is 1880. The van der Waals surface area contributed by atoms with Gasteiger partial charge in [0.15, 0.2) is 5.11 Å². The molecule has 11 heteroatoms. The van der Waals surface area contributed by atoms with Crippen molar-refractivity contribution in [2.24, 2.45) is 0 Å². The first-order valence-corrected chi connectivity index (χ1v) is 15.0. The van der Waals surface area contributed by atoms with Crippen molar-refractivity contribution in [1.82, 2.24) is 14.9 Å². The van der Waals surface area contributed by atoms with Crippen LogP contribution < -0.4 is 10.2 Å². The average Bonchev–Trinajstić information content (AvgIpc) is 3.52. The molecule has 220 valence electrons. The summed E-state index contributed by atoms with van der Waals surface area (Å²) in [7, 11) is 0. The van der Waals surface area contributed by atoms with Crippen LogP contribution in [0.4, 0.5) is 11.4 Å². The molecular formula is C33H27N5O4S2. The number of aromatic carboxylic acids is 1. The lowest BCUT2D eigenvalue weighted by Gasteiger charge is -2.28. The predicted molar refractivity (Wildman–Crippen MR) is 174 cm³/mol. The Balaban J connectivity index is 1.38. The summed E-state index contributed by atoms with van der Waals surface area (Å²) in [5, 5.41) is 24.7. The number of aryl methyl sites for hydroxylation is 1. The molecule has 0 bridgehead atoms. The highest BCUT2D eigenvalue weighted by Crippen LogP contribution is 2.44. The molecule has 0 spiro atoms. The zero-order chi connectivity index (χ0) is 31.0. The van der Waals surface area contributed by atoms with Crippen molar-refractivity contribution in [3.63, 3.8) is 0 Å². The molecule has 6 rings (SSSR count). The van der Waals surface area contributed by atoms with Gasteiger partial charge >= 0.3 is 5.97 Å². The number of carboxylic acids is 1. The zero-order valence-electron chi connectivity index (χ0n) is 23.7. The second kappa shape index (κ2) is 11.9. The largest absolute Gasteiger partial charge is 0.478 e. The highest BCUT2D eigenvalue weighted by atomic mass is 32.2. The van der Waals surface area contributed by atoms with Gasteiger partial charge in [0, 0.05) is 50.9 Å². The Morgan fingerprint density at radius 1 is 0.955 bits per heavy atom. The maximum absolute atomic E-state index is 11.7. The van der Waals surface area contributed by atoms with Crippen LogP contribution in [0, 0.1) is 24.0 Å². The number of anilines is 1. The minimum absolute atomic E-state index is 0.0576. The first-order valence-electron chi connectivity index (χ1n) is 13.8. The standard InChI is InChI=1S/C33H27N5O4S2/c1-20-18-28(21(2)36(20)25-7-5-6-22(19-25)32(39)40)31-30(29-8-3-4-17-34-29)35-33(43)37(31)23-9-13-26(14-10-23)44-27-15-11-24(12-16-27)38(41)42/h3-19,30-31H,1-2H3,(H,35,43)(H,39,40)/t30-,31+/m1/s1. The molecule has 3 heterocycles. The molecule has 44 heavy (non-hydrogen) atoms. The molecule has 1 fully saturated rings. The molecule has 9 nitrogen and oxygen atoms in total. The van der Waals surface area contributed by atoms with E-state index < -0.39 is 10.9 Å². The maximum Gasteiger partial charge on any atom is 0.335 e. The van der Waals surface area contributed by atoms with Crippen LogP contribution in [-0.4, -0.2) is 30.7 Å². The van der Waals surface area contributed by atoms with Crippen molar-refractivity contribution in [2.45, 2.75) is 35.7 Å². The molecule has 0 saturated carbocycles. The van der Waals surface area contributed by atoms with Gasteiger partial charge in [0.2, 0.25) is 0 Å². The van der Waals surface area contributed by atoms with Gasteiger partial charge in [-0.1, -0.05) is 23.9 Å². The number of hydrogen-bond donors (Lipinski definition) is 2. The van der Waals surface area contributed by atoms with E-state index in [9.17, 15) is 20.0 Å². The molecule has 5 aromatic rings. The summed E-state index contributed by atoms with van der Waals surface area (Å²) in [5.41, 5.74) is 5.78. The van der Waals surface area contributed by atoms with E-state index in [-0.39, 0.29) is 23.3 Å². The number of nitrogens with one attached hydrogen (secondary N) is 1. The van der Waals surface area contributed by atoms with E-state index in [2.05, 4.69) is 25.8 Å². The number of carboxylic acid groups (broad SMARTS) is 1. The fraction of sp³-hybridized carbons (Fsp3) is 0.121. The maximum atomic E-state index is 11.7. The Morgan fingerprint density at radius 2 is 1.66 bits per heavy atom. The van der Waals surface area contributed by atoms with Crippen molar-refractivity contribution < 1.29 is 14.8 Å². The van der Waals surface area contributed by atoms with E-state index in [1.165, 1.54) is 23.9 Å². The first kappa shape index (κ1) is 29.1. The van der Waals surface area contributed by atoms with Crippen LogP contribution in [0.5, 0.6) is 0 Å². The number of carbonyl (C=O) groups is 1. The van der Waals surface area contributed by atoms with Gasteiger partial charge in [-0.05, 0) is 104 Å². The van der Waals surface area contributed by atoms with Gasteiger partial charge in [0.05, 0.1) is 28.3 Å². The smallest absolute Gasteiger partial charge is 0.335 e. The molecule has 0 unspecified atom stereocenters. The van der Waals surface area contributed by atoms with Crippen LogP contribution in [0.15, 0.2) is 113 Å². The van der Waals surface area contributed by atoms with Gasteiger partial charge < -0.3 is 19.9 Å². The minimum Gasteiger partial charge on any atom is -0.478 e. The number of nitro groups is 1. The third-order valence-electron chi connectivity index (χ3n) is 7.64. The number of rotatable bonds is 8. The fourth-order valence-electron chi connectivity index (χ4n) is 5.66. The number of nitro benzene ring substituents is 1. The molecule has 3 aromatic carbocycles. The van der Waals surface area contributed by atoms with E-state index in [1.807, 2.05) is 62.4 Å². The third kappa shape index (κ3) is 5.54. The number of benzene rings is 3. The van der Waals surface area contributed by atoms with Crippen molar-refractivity contribution >= 4 is 46.4 Å². The summed E-state index contributed by atoms with van der Waals surface area (Å²) in [6.07, 6.45) is 1.77. The lowest BCUT2D eigenvalue weighted by atomic mass is 9.96. The van der Waals surface area contributed by atoms with Crippen molar-refractivity contribution in [2.75, 3.05) is 4.90 Å². The van der Waals surface area contributed by atoms with Gasteiger partial charge in [0.25, 0.3) is 5.69 Å². The molecule has 1 aliphatic rings. The third-order valence-corrected chi connectivity index (χ3v) is 8.97. The van der Waals surface area contributed by atoms with Crippen molar-refractivity contribution in [3.05, 3.63) is 142 Å². The van der Waals surface area contributed by atoms with Crippen LogP contribution in [0.2, 0.25) is 0 Å². The van der Waals surface area contributed by atoms with E-state index >= 15 is 0 Å². The molecular weight excluding hydrogens is 595 g/mol. The number of nitrogens with zero attached hydrogens (tertiary/aromatic N) is 4. The molecule has 2 N–H and O–H groups in total. The molecule has 0 radical (unpaired) electrons. The second-order valence-corrected chi connectivity index (χ2v) is 11.9. The SMILES string of the molecule is Cc1cc([C@H]2[C@@H](c3ccccn3)NC(=S)N2c2ccc(Sc3ccc([N+](=O)[O-])cc3)cc2)c(C)n1-c1cccc(C(=O)O)c1. The van der Waals surface area contributed by atoms with Gasteiger partial charge in [0.1, 0.15) is 0 Å². The number of non-ortho nitro benzene ring substituents is 1. The second-order valence-electron chi connectivity index (χ2n) is 10.4. The Hall–Kier alpha value is -5.00. The minimum atomic E-state index is -0.976. The molecule has 1 aliphatic heterocycles. The Kier molecular flexibility index (Phi) is 7.90. The highest BCUT2D eigenvalue weighted by molar-refractivity contribution is 7.99. The topological polar surface area (TPSA) is 114 Å². The summed E-state index contributed by atoms with van der Waals surface area (Å²) < 4.78 is 2.07. The van der Waals surface area contributed by atoms with Crippen LogP contribution in [-0.2, 0) is 0 Å². The Morgan fingerprint density at radius 3 is 2.30 bits per heavy atom. The first-order chi connectivity index (χ1) is 21.2. The van der Waals surface area contributed by atoms with Crippen LogP contribution in [0.25, 0.3) is 5.69 Å². The van der Waals surface area contributed by atoms with Crippen LogP contribution >= 0.6 is 24.0 Å². The number of hydrogen-bond acceptors (Lipinski definition) is 6. The zero-order valence-corrected chi connectivity index (χ0v) is 25.4. The quantitative estimate of drug-likeness (QED) is 0.104. The van der Waals surface area contributed by atoms with Gasteiger partial charge in [-0.2, -0.15) is 0 Å². The van der Waals surface area contributed by atoms with Crippen LogP contribution in [0.3, 0.4) is 0 Å². The number of aromatic nitrogens is 2. The summed E-state index contributed by atoms with van der Waals surface area (Å²) in [6.45, 7) is 4.05. The van der Waals surface area contributed by atoms with Gasteiger partial charge in [-0.25, -0.2) is 4.79 Å². The van der Waals surface area contributed by atoms with Gasteiger partial charge in [-0.15, -0.1) is 0 Å². The highest BCUT2D eigenvalue weighted by Gasteiger charge is 2.42. The van der Waals surface area contributed by atoms with E-state index in [0.29, 0.717) is 5.11 Å². The lowest BCUT2D eigenvalue weighted by molar-refractivity contribution is -0.384. The predicted octanol–water partition coefficient (Wildman–Crippen LogP) is 7.42. The average molecular weight is 622 g/mol. The monoisotopic (exact) mass is 621 g/mol. The van der Waals surface area contributed by atoms with Crippen molar-refractivity contribution in [1.29, 1.82) is 0 Å². The van der Waals surface area contributed by atoms with Crippen molar-refractivity contribution in [3.8, 4) is 5.69 Å². The summed E-state index contributed by atoms with van der Waals surface area (Å²) in [4.78, 5) is 30.9. The summed E-state index contributed by atoms with van der Waals surface area (Å²) in [5.74, 6) is -0.976. The summed E-state index contributed by atoms with van der Waals surface area (Å²) >= 11 is 7.44. The number of thiocarbonyl (C=S) groups is 1. The molecule has 0 amide bonds. The van der Waals surface area contributed by atoms with E-state index in [4.69, 9.17) is 12.2 Å². The lowest BCUT2D eigenvalue weighted by Crippen LogP contribution is -2.29. The fourth-order valence-corrected chi connectivity index (χ4v) is 6.82. The van der Waals surface area contributed by atoms with E-state index in [0.717, 1.165) is 43.8 Å². The molecule has 1 saturated heterocycles.